The maximum absolute atomic E-state index is 12.4. The van der Waals surface area contributed by atoms with Crippen molar-refractivity contribution in [2.45, 2.75) is 13.3 Å². The number of Topliss-reactive ketones (excluding diaryl/α,β-unsaturated/α-hetero) is 1. The van der Waals surface area contributed by atoms with Crippen LogP contribution in [0.5, 0.6) is 0 Å². The van der Waals surface area contributed by atoms with Crippen molar-refractivity contribution in [3.8, 4) is 0 Å². The minimum atomic E-state index is -0.149. The summed E-state index contributed by atoms with van der Waals surface area (Å²) in [6, 6.07) is 17.0. The van der Waals surface area contributed by atoms with Gasteiger partial charge in [0.15, 0.2) is 5.78 Å². The number of carbonyl (C=O) groups excluding carboxylic acids is 3. The Bertz CT molecular complexity index is 826. The van der Waals surface area contributed by atoms with Gasteiger partial charge in [-0.2, -0.15) is 0 Å². The van der Waals surface area contributed by atoms with Crippen LogP contribution in [0, 0.1) is 0 Å². The summed E-state index contributed by atoms with van der Waals surface area (Å²) in [5, 5.41) is 2.71. The van der Waals surface area contributed by atoms with Gasteiger partial charge in [-0.25, -0.2) is 0 Å². The number of nitrogens with zero attached hydrogens (tertiary/aromatic N) is 2. The Morgan fingerprint density at radius 2 is 1.54 bits per heavy atom. The van der Waals surface area contributed by atoms with Crippen LogP contribution in [0.1, 0.15) is 22.8 Å². The van der Waals surface area contributed by atoms with E-state index in [2.05, 4.69) is 10.2 Å². The van der Waals surface area contributed by atoms with E-state index in [1.807, 2.05) is 54.6 Å². The van der Waals surface area contributed by atoms with Crippen LogP contribution in [0.2, 0.25) is 0 Å². The monoisotopic (exact) mass is 379 g/mol. The molecule has 2 aromatic carbocycles. The van der Waals surface area contributed by atoms with Crippen LogP contribution < -0.4 is 10.2 Å². The van der Waals surface area contributed by atoms with Gasteiger partial charge < -0.3 is 15.1 Å². The molecule has 1 saturated heterocycles. The molecule has 0 radical (unpaired) electrons. The standard InChI is InChI=1S/C22H25N3O3/c1-17(26)19-7-9-20(10-8-19)24-11-13-25(14-12-24)22(28)16-23-21(27)15-18-5-3-2-4-6-18/h2-10H,11-16H2,1H3,(H,23,27). The number of anilines is 1. The summed E-state index contributed by atoms with van der Waals surface area (Å²) in [5.41, 5.74) is 2.67. The van der Waals surface area contributed by atoms with Crippen molar-refractivity contribution < 1.29 is 14.4 Å². The van der Waals surface area contributed by atoms with Crippen LogP contribution in [0.25, 0.3) is 0 Å². The number of rotatable bonds is 6. The molecule has 0 saturated carbocycles. The van der Waals surface area contributed by atoms with Gasteiger partial charge in [-0.05, 0) is 36.8 Å². The summed E-state index contributed by atoms with van der Waals surface area (Å²) in [6.07, 6.45) is 0.276. The van der Waals surface area contributed by atoms with Gasteiger partial charge in [0.2, 0.25) is 11.8 Å². The van der Waals surface area contributed by atoms with E-state index < -0.39 is 0 Å². The predicted molar refractivity (Wildman–Crippen MR) is 108 cm³/mol. The van der Waals surface area contributed by atoms with Crippen LogP contribution in [0.3, 0.4) is 0 Å². The van der Waals surface area contributed by atoms with Crippen LogP contribution in [-0.4, -0.2) is 55.2 Å². The zero-order valence-corrected chi connectivity index (χ0v) is 16.1. The number of piperazine rings is 1. The molecule has 0 spiro atoms. The summed E-state index contributed by atoms with van der Waals surface area (Å²) in [7, 11) is 0. The maximum Gasteiger partial charge on any atom is 0.242 e. The molecule has 2 aromatic rings. The van der Waals surface area contributed by atoms with Gasteiger partial charge in [0, 0.05) is 37.4 Å². The number of amides is 2. The lowest BCUT2D eigenvalue weighted by molar-refractivity contribution is -0.133. The first-order valence-electron chi connectivity index (χ1n) is 9.47. The van der Waals surface area contributed by atoms with Gasteiger partial charge in [-0.15, -0.1) is 0 Å². The largest absolute Gasteiger partial charge is 0.368 e. The highest BCUT2D eigenvalue weighted by molar-refractivity contribution is 5.94. The minimum absolute atomic E-state index is 0.0268. The lowest BCUT2D eigenvalue weighted by Crippen LogP contribution is -2.51. The molecule has 1 aliphatic heterocycles. The SMILES string of the molecule is CC(=O)c1ccc(N2CCN(C(=O)CNC(=O)Cc3ccccc3)CC2)cc1. The maximum atomic E-state index is 12.4. The van der Waals surface area contributed by atoms with Gasteiger partial charge in [0.05, 0.1) is 13.0 Å². The highest BCUT2D eigenvalue weighted by Crippen LogP contribution is 2.17. The highest BCUT2D eigenvalue weighted by atomic mass is 16.2. The van der Waals surface area contributed by atoms with E-state index in [1.165, 1.54) is 0 Å². The minimum Gasteiger partial charge on any atom is -0.368 e. The number of ketones is 1. The molecule has 6 heteroatoms. The van der Waals surface area contributed by atoms with E-state index in [0.29, 0.717) is 18.7 Å². The molecular weight excluding hydrogens is 354 g/mol. The lowest BCUT2D eigenvalue weighted by atomic mass is 10.1. The summed E-state index contributed by atoms with van der Waals surface area (Å²) in [4.78, 5) is 39.7. The third kappa shape index (κ3) is 5.19. The van der Waals surface area contributed by atoms with Gasteiger partial charge in [-0.3, -0.25) is 14.4 Å². The quantitative estimate of drug-likeness (QED) is 0.779. The van der Waals surface area contributed by atoms with Crippen molar-refractivity contribution in [3.63, 3.8) is 0 Å². The second kappa shape index (κ2) is 9.17. The molecule has 3 rings (SSSR count). The van der Waals surface area contributed by atoms with Crippen LogP contribution in [0.15, 0.2) is 54.6 Å². The van der Waals surface area contributed by atoms with Gasteiger partial charge >= 0.3 is 0 Å². The topological polar surface area (TPSA) is 69.7 Å². The smallest absolute Gasteiger partial charge is 0.242 e. The molecule has 1 heterocycles. The van der Waals surface area contributed by atoms with Crippen LogP contribution in [0.4, 0.5) is 5.69 Å². The van der Waals surface area contributed by atoms with Crippen molar-refractivity contribution in [2.75, 3.05) is 37.6 Å². The summed E-state index contributed by atoms with van der Waals surface area (Å²) >= 11 is 0. The highest BCUT2D eigenvalue weighted by Gasteiger charge is 2.21. The lowest BCUT2D eigenvalue weighted by Gasteiger charge is -2.36. The van der Waals surface area contributed by atoms with Gasteiger partial charge in [0.25, 0.3) is 0 Å². The fourth-order valence-corrected chi connectivity index (χ4v) is 3.25. The normalized spacial score (nSPS) is 13.9. The number of nitrogens with one attached hydrogen (secondary N) is 1. The molecule has 1 aliphatic rings. The molecular formula is C22H25N3O3. The van der Waals surface area contributed by atoms with Crippen molar-refractivity contribution >= 4 is 23.3 Å². The Hall–Kier alpha value is -3.15. The first kappa shape index (κ1) is 19.6. The second-order valence-electron chi connectivity index (χ2n) is 6.91. The Labute approximate surface area is 165 Å². The molecule has 0 bridgehead atoms. The van der Waals surface area contributed by atoms with Crippen LogP contribution in [-0.2, 0) is 16.0 Å². The van der Waals surface area contributed by atoms with Crippen LogP contribution >= 0.6 is 0 Å². The third-order valence-electron chi connectivity index (χ3n) is 4.92. The zero-order chi connectivity index (χ0) is 19.9. The van der Waals surface area contributed by atoms with Crippen molar-refractivity contribution in [1.29, 1.82) is 0 Å². The van der Waals surface area contributed by atoms with Crippen molar-refractivity contribution in [3.05, 3.63) is 65.7 Å². The van der Waals surface area contributed by atoms with E-state index in [0.717, 1.165) is 24.3 Å². The van der Waals surface area contributed by atoms with E-state index >= 15 is 0 Å². The Kier molecular flexibility index (Phi) is 6.42. The fraction of sp³-hybridized carbons (Fsp3) is 0.318. The van der Waals surface area contributed by atoms with Gasteiger partial charge in [0.1, 0.15) is 0 Å². The Morgan fingerprint density at radius 3 is 2.14 bits per heavy atom. The Balaban J connectivity index is 1.43. The van der Waals surface area contributed by atoms with Crippen molar-refractivity contribution in [2.24, 2.45) is 0 Å². The molecule has 1 N–H and O–H groups in total. The zero-order valence-electron chi connectivity index (χ0n) is 16.1. The predicted octanol–water partition coefficient (Wildman–Crippen LogP) is 1.90. The van der Waals surface area contributed by atoms with Gasteiger partial charge in [-0.1, -0.05) is 30.3 Å². The molecule has 0 atom stereocenters. The Morgan fingerprint density at radius 1 is 0.893 bits per heavy atom. The van der Waals surface area contributed by atoms with Crippen molar-refractivity contribution in [1.82, 2.24) is 10.2 Å². The summed E-state index contributed by atoms with van der Waals surface area (Å²) in [6.45, 7) is 4.26. The second-order valence-corrected chi connectivity index (χ2v) is 6.91. The average molecular weight is 379 g/mol. The summed E-state index contributed by atoms with van der Waals surface area (Å²) < 4.78 is 0. The molecule has 2 amide bonds. The number of hydrogen-bond acceptors (Lipinski definition) is 4. The number of carbonyl (C=O) groups is 3. The first-order chi connectivity index (χ1) is 13.5. The molecule has 0 aromatic heterocycles. The molecule has 28 heavy (non-hydrogen) atoms. The van der Waals surface area contributed by atoms with E-state index in [-0.39, 0.29) is 30.6 Å². The number of benzene rings is 2. The third-order valence-corrected chi connectivity index (χ3v) is 4.92. The summed E-state index contributed by atoms with van der Waals surface area (Å²) in [5.74, 6) is -0.159. The fourth-order valence-electron chi connectivity index (χ4n) is 3.25. The molecule has 1 fully saturated rings. The molecule has 0 aliphatic carbocycles. The van der Waals surface area contributed by atoms with E-state index in [4.69, 9.17) is 0 Å². The molecule has 6 nitrogen and oxygen atoms in total. The number of hydrogen-bond donors (Lipinski definition) is 1. The van der Waals surface area contributed by atoms with E-state index in [1.54, 1.807) is 11.8 Å². The molecule has 146 valence electrons. The molecule has 0 unspecified atom stereocenters. The van der Waals surface area contributed by atoms with E-state index in [9.17, 15) is 14.4 Å². The first-order valence-corrected chi connectivity index (χ1v) is 9.47. The average Bonchev–Trinajstić information content (AvgIpc) is 2.73.